The summed E-state index contributed by atoms with van der Waals surface area (Å²) in [4.78, 5) is 39.2. The van der Waals surface area contributed by atoms with Gasteiger partial charge in [0.05, 0.1) is 35.0 Å². The second-order valence-electron chi connectivity index (χ2n) is 6.69. The maximum absolute atomic E-state index is 14.1. The van der Waals surface area contributed by atoms with E-state index in [-0.39, 0.29) is 11.4 Å². The molecule has 9 nitrogen and oxygen atoms in total. The zero-order valence-electron chi connectivity index (χ0n) is 16.7. The first-order valence-corrected chi connectivity index (χ1v) is 9.09. The number of hydrogen-bond acceptors (Lipinski definition) is 4. The highest BCUT2D eigenvalue weighted by atomic mass is 19.1. The molecule has 160 valence electrons. The fourth-order valence-corrected chi connectivity index (χ4v) is 3.25. The number of fused-ring (bicyclic) bond motifs is 3. The summed E-state index contributed by atoms with van der Waals surface area (Å²) in [5, 5.41) is 16.8. The van der Waals surface area contributed by atoms with E-state index in [1.54, 1.807) is 40.8 Å². The monoisotopic (exact) mass is 426 g/mol. The Balaban J connectivity index is 0.000000293. The second kappa shape index (κ2) is 8.66. The Kier molecular flexibility index (Phi) is 6.00. The van der Waals surface area contributed by atoms with E-state index in [9.17, 15) is 18.8 Å². The fraction of sp³-hybridized carbons (Fsp3) is 0.143. The van der Waals surface area contributed by atoms with Crippen molar-refractivity contribution < 1.29 is 24.2 Å². The van der Waals surface area contributed by atoms with Crippen LogP contribution in [0, 0.1) is 12.7 Å². The van der Waals surface area contributed by atoms with Gasteiger partial charge in [0.15, 0.2) is 0 Å². The molecule has 3 aromatic heterocycles. The Bertz CT molecular complexity index is 1360. The summed E-state index contributed by atoms with van der Waals surface area (Å²) in [5.41, 5.74) is 2.79. The van der Waals surface area contributed by atoms with Gasteiger partial charge in [0, 0.05) is 36.5 Å². The van der Waals surface area contributed by atoms with Gasteiger partial charge >= 0.3 is 11.9 Å². The van der Waals surface area contributed by atoms with Crippen molar-refractivity contribution in [1.82, 2.24) is 19.1 Å². The Labute approximate surface area is 174 Å². The molecule has 10 heteroatoms. The third kappa shape index (κ3) is 4.37. The highest BCUT2D eigenvalue weighted by Crippen LogP contribution is 2.27. The summed E-state index contributed by atoms with van der Waals surface area (Å²) in [6.07, 6.45) is 4.46. The fourth-order valence-electron chi connectivity index (χ4n) is 3.25. The second-order valence-corrected chi connectivity index (χ2v) is 6.69. The lowest BCUT2D eigenvalue weighted by Gasteiger charge is -2.05. The number of para-hydroxylation sites is 1. The van der Waals surface area contributed by atoms with Gasteiger partial charge in [0.25, 0.3) is 5.56 Å². The molecule has 31 heavy (non-hydrogen) atoms. The van der Waals surface area contributed by atoms with E-state index in [1.807, 2.05) is 13.0 Å². The van der Waals surface area contributed by atoms with Gasteiger partial charge in [0.2, 0.25) is 0 Å². The number of carboxylic acid groups (broad SMARTS) is 2. The smallest absolute Gasteiger partial charge is 0.328 e. The van der Waals surface area contributed by atoms with Crippen molar-refractivity contribution in [3.05, 3.63) is 76.5 Å². The molecule has 0 unspecified atom stereocenters. The highest BCUT2D eigenvalue weighted by Gasteiger charge is 2.16. The minimum absolute atomic E-state index is 0.138. The van der Waals surface area contributed by atoms with E-state index in [4.69, 9.17) is 10.2 Å². The van der Waals surface area contributed by atoms with Crippen molar-refractivity contribution in [2.45, 2.75) is 13.5 Å². The predicted octanol–water partition coefficient (Wildman–Crippen LogP) is 2.42. The number of pyridine rings is 1. The van der Waals surface area contributed by atoms with Crippen molar-refractivity contribution in [2.24, 2.45) is 7.05 Å². The SMILES string of the molecule is Cc1[nH]cnc1Cn1ccc2c(c1=O)c1cccc(F)c1n2C.O=C(O)C=CC(=O)O. The lowest BCUT2D eigenvalue weighted by atomic mass is 10.2. The highest BCUT2D eigenvalue weighted by molar-refractivity contribution is 6.07. The van der Waals surface area contributed by atoms with Crippen LogP contribution in [0.2, 0.25) is 0 Å². The summed E-state index contributed by atoms with van der Waals surface area (Å²) >= 11 is 0. The van der Waals surface area contributed by atoms with Crippen molar-refractivity contribution in [3.8, 4) is 0 Å². The van der Waals surface area contributed by atoms with Crippen molar-refractivity contribution in [3.63, 3.8) is 0 Å². The normalized spacial score (nSPS) is 11.1. The van der Waals surface area contributed by atoms with Gasteiger partial charge in [-0.2, -0.15) is 0 Å². The molecule has 0 spiro atoms. The van der Waals surface area contributed by atoms with Crippen LogP contribution in [0.5, 0.6) is 0 Å². The Morgan fingerprint density at radius 2 is 1.87 bits per heavy atom. The van der Waals surface area contributed by atoms with Crippen LogP contribution in [0.3, 0.4) is 0 Å². The zero-order valence-corrected chi connectivity index (χ0v) is 16.7. The maximum Gasteiger partial charge on any atom is 0.328 e. The molecule has 0 saturated heterocycles. The third-order valence-electron chi connectivity index (χ3n) is 4.72. The van der Waals surface area contributed by atoms with Gasteiger partial charge in [-0.1, -0.05) is 12.1 Å². The van der Waals surface area contributed by atoms with E-state index in [1.165, 1.54) is 6.07 Å². The number of nitrogens with one attached hydrogen (secondary N) is 1. The number of nitrogens with zero attached hydrogens (tertiary/aromatic N) is 3. The maximum atomic E-state index is 14.1. The van der Waals surface area contributed by atoms with Crippen molar-refractivity contribution in [2.75, 3.05) is 0 Å². The van der Waals surface area contributed by atoms with Crippen LogP contribution in [-0.4, -0.2) is 41.3 Å². The van der Waals surface area contributed by atoms with Gasteiger partial charge in [-0.05, 0) is 19.1 Å². The molecule has 0 aliphatic carbocycles. The molecular weight excluding hydrogens is 407 g/mol. The average Bonchev–Trinajstić information content (AvgIpc) is 3.25. The number of halogens is 1. The molecule has 1 aromatic carbocycles. The first-order chi connectivity index (χ1) is 14.7. The van der Waals surface area contributed by atoms with Gasteiger partial charge in [0.1, 0.15) is 5.82 Å². The standard InChI is InChI=1S/C17H15FN4O.C4H4O4/c1-10-13(20-9-19-10)8-22-7-6-14-15(17(22)23)11-4-3-5-12(18)16(11)21(14)2;5-3(6)1-2-4(7)8/h3-7,9H,8H2,1-2H3,(H,19,20);1-2H,(H,5,6)(H,7,8). The number of H-pyrrole nitrogens is 1. The van der Waals surface area contributed by atoms with Crippen LogP contribution in [0.4, 0.5) is 4.39 Å². The Hall–Kier alpha value is -4.21. The lowest BCUT2D eigenvalue weighted by molar-refractivity contribution is -0.134. The number of carboxylic acids is 2. The molecule has 3 N–H and O–H groups in total. The molecular formula is C21H19FN4O5. The summed E-state index contributed by atoms with van der Waals surface area (Å²) in [5.74, 6) is -2.84. The third-order valence-corrected chi connectivity index (χ3v) is 4.72. The number of rotatable bonds is 4. The van der Waals surface area contributed by atoms with Crippen molar-refractivity contribution in [1.29, 1.82) is 0 Å². The van der Waals surface area contributed by atoms with Gasteiger partial charge in [-0.15, -0.1) is 0 Å². The molecule has 0 bridgehead atoms. The first-order valence-electron chi connectivity index (χ1n) is 9.09. The average molecular weight is 426 g/mol. The van der Waals surface area contributed by atoms with Crippen LogP contribution in [0.1, 0.15) is 11.4 Å². The van der Waals surface area contributed by atoms with Crippen molar-refractivity contribution >= 4 is 33.7 Å². The first kappa shape index (κ1) is 21.5. The number of hydrogen-bond donors (Lipinski definition) is 3. The topological polar surface area (TPSA) is 130 Å². The molecule has 0 atom stereocenters. The largest absolute Gasteiger partial charge is 0.478 e. The van der Waals surface area contributed by atoms with E-state index in [0.29, 0.717) is 35.0 Å². The number of aryl methyl sites for hydroxylation is 2. The minimum Gasteiger partial charge on any atom is -0.478 e. The summed E-state index contributed by atoms with van der Waals surface area (Å²) < 4.78 is 17.5. The molecule has 0 amide bonds. The van der Waals surface area contributed by atoms with E-state index >= 15 is 0 Å². The van der Waals surface area contributed by atoms with Crippen LogP contribution in [0.25, 0.3) is 21.8 Å². The molecule has 4 rings (SSSR count). The van der Waals surface area contributed by atoms with E-state index in [2.05, 4.69) is 9.97 Å². The zero-order chi connectivity index (χ0) is 22.7. The quantitative estimate of drug-likeness (QED) is 0.430. The Morgan fingerprint density at radius 3 is 2.45 bits per heavy atom. The van der Waals surface area contributed by atoms with Crippen LogP contribution < -0.4 is 5.56 Å². The molecule has 4 aromatic rings. The van der Waals surface area contributed by atoms with Gasteiger partial charge in [-0.25, -0.2) is 19.0 Å². The Morgan fingerprint density at radius 1 is 1.19 bits per heavy atom. The molecule has 0 fully saturated rings. The molecule has 0 radical (unpaired) electrons. The van der Waals surface area contributed by atoms with Crippen LogP contribution in [-0.2, 0) is 23.2 Å². The molecule has 3 heterocycles. The van der Waals surface area contributed by atoms with E-state index < -0.39 is 11.9 Å². The summed E-state index contributed by atoms with van der Waals surface area (Å²) in [6.45, 7) is 2.30. The summed E-state index contributed by atoms with van der Waals surface area (Å²) in [7, 11) is 1.77. The number of carbonyl (C=O) groups is 2. The lowest BCUT2D eigenvalue weighted by Crippen LogP contribution is -2.20. The van der Waals surface area contributed by atoms with Crippen LogP contribution in [0.15, 0.2) is 53.7 Å². The van der Waals surface area contributed by atoms with Gasteiger partial charge < -0.3 is 24.3 Å². The van der Waals surface area contributed by atoms with Crippen LogP contribution >= 0.6 is 0 Å². The van der Waals surface area contributed by atoms with Gasteiger partial charge in [-0.3, -0.25) is 4.79 Å². The number of aliphatic carboxylic acids is 2. The predicted molar refractivity (Wildman–Crippen MR) is 111 cm³/mol. The number of aromatic nitrogens is 4. The number of benzene rings is 1. The number of aromatic amines is 1. The molecule has 0 saturated carbocycles. The molecule has 0 aliphatic heterocycles. The minimum atomic E-state index is -1.26. The molecule has 0 aliphatic rings. The summed E-state index contributed by atoms with van der Waals surface area (Å²) in [6, 6.07) is 6.67. The van der Waals surface area contributed by atoms with E-state index in [0.717, 1.165) is 16.9 Å². The number of imidazole rings is 1.